The van der Waals surface area contributed by atoms with Crippen molar-refractivity contribution < 1.29 is 0 Å². The molecule has 0 aromatic rings. The fourth-order valence-corrected chi connectivity index (χ4v) is 2.30. The minimum absolute atomic E-state index is 0.500. The molecule has 0 saturated carbocycles. The molecule has 0 atom stereocenters. The fraction of sp³-hybridized carbons (Fsp3) is 1.00. The Hall–Kier alpha value is 0. The van der Waals surface area contributed by atoms with E-state index < -0.39 is 0 Å². The molecule has 0 heterocycles. The van der Waals surface area contributed by atoms with E-state index in [4.69, 9.17) is 0 Å². The molecule has 0 rings (SSSR count). The molecule has 0 unspecified atom stereocenters. The van der Waals surface area contributed by atoms with Gasteiger partial charge in [-0.2, -0.15) is 0 Å². The molecule has 0 saturated heterocycles. The van der Waals surface area contributed by atoms with Gasteiger partial charge in [-0.25, -0.2) is 0 Å². The molecule has 0 nitrogen and oxygen atoms in total. The maximum Gasteiger partial charge on any atom is -0.0411 e. The van der Waals surface area contributed by atoms with Crippen LogP contribution in [-0.4, -0.2) is 0 Å². The molecule has 0 spiro atoms. The third-order valence-electron chi connectivity index (χ3n) is 6.92. The van der Waals surface area contributed by atoms with Gasteiger partial charge in [-0.3, -0.25) is 0 Å². The van der Waals surface area contributed by atoms with E-state index in [0.717, 1.165) is 35.5 Å². The zero-order valence-corrected chi connectivity index (χ0v) is 48.7. The van der Waals surface area contributed by atoms with Crippen LogP contribution in [-0.2, 0) is 0 Å². The van der Waals surface area contributed by atoms with Crippen molar-refractivity contribution in [1.82, 2.24) is 0 Å². The van der Waals surface area contributed by atoms with Crippen LogP contribution in [0.4, 0.5) is 0 Å². The lowest BCUT2D eigenvalue weighted by Gasteiger charge is -2.05. The first-order valence-corrected chi connectivity index (χ1v) is 26.3. The summed E-state index contributed by atoms with van der Waals surface area (Å²) in [5, 5.41) is 0. The van der Waals surface area contributed by atoms with E-state index in [0.29, 0.717) is 5.41 Å². The van der Waals surface area contributed by atoms with Gasteiger partial charge in [-0.15, -0.1) is 0 Å². The van der Waals surface area contributed by atoms with E-state index in [1.165, 1.54) is 116 Å². The van der Waals surface area contributed by atoms with Gasteiger partial charge in [-0.05, 0) is 40.9 Å². The predicted molar refractivity (Wildman–Crippen MR) is 288 cm³/mol. The smallest absolute Gasteiger partial charge is 0.0411 e. The van der Waals surface area contributed by atoms with Gasteiger partial charge in [0.25, 0.3) is 0 Å². The Kier molecular flexibility index (Phi) is 149. The Labute approximate surface area is 376 Å². The van der Waals surface area contributed by atoms with Gasteiger partial charge in [0.2, 0.25) is 0 Å². The van der Waals surface area contributed by atoms with E-state index >= 15 is 0 Å². The van der Waals surface area contributed by atoms with Gasteiger partial charge in [0, 0.05) is 0 Å². The lowest BCUT2D eigenvalue weighted by molar-refractivity contribution is 0.469. The molecule has 0 aliphatic carbocycles. The Morgan fingerprint density at radius 3 is 0.491 bits per heavy atom. The third-order valence-corrected chi connectivity index (χ3v) is 6.92. The van der Waals surface area contributed by atoms with Crippen molar-refractivity contribution in [3.63, 3.8) is 0 Å². The van der Waals surface area contributed by atoms with Crippen molar-refractivity contribution in [1.29, 1.82) is 0 Å². The van der Waals surface area contributed by atoms with E-state index in [1.54, 1.807) is 0 Å². The second-order valence-electron chi connectivity index (χ2n) is 19.4. The zero-order chi connectivity index (χ0) is 48.7. The first-order valence-electron chi connectivity index (χ1n) is 26.3. The monoisotopic (exact) mass is 823 g/mol. The van der Waals surface area contributed by atoms with Crippen molar-refractivity contribution in [2.24, 2.45) is 40.9 Å². The Balaban J connectivity index is -0.0000000391. The van der Waals surface area contributed by atoms with Crippen LogP contribution in [0.15, 0.2) is 0 Å². The fourth-order valence-electron chi connectivity index (χ4n) is 2.30. The summed E-state index contributed by atoms with van der Waals surface area (Å²) in [5.41, 5.74) is 0.500. The van der Waals surface area contributed by atoms with Crippen molar-refractivity contribution in [3.05, 3.63) is 0 Å². The maximum absolute atomic E-state index is 2.28. The standard InChI is InChI=1S/4C6H14.4C5H12.2C4H10.C3H8.C2H6/c2*1-4-5-6(2)3;1-4-6(3)5-2;1-3-5-6-4-2;1-5(2,3)4;2*1-4-5(2)3;1-3-5-4-2;1-4(2)3;1-3-4-2;1-3-2;1-2/h3*6H,4-5H2,1-3H3;3-6H2,1-2H3;1-4H3;2*5H,4H2,1-3H3;3-5H2,1-2H3;4H,1-3H3;3-4H2,1-2H3;3H2,1-2H3;1-2H3. The lowest BCUT2D eigenvalue weighted by Crippen LogP contribution is -1.93. The molecular weight excluding hydrogens is 685 g/mol. The van der Waals surface area contributed by atoms with Gasteiger partial charge in [0.15, 0.2) is 0 Å². The zero-order valence-electron chi connectivity index (χ0n) is 48.7. The summed E-state index contributed by atoms with van der Waals surface area (Å²) in [6.45, 7) is 70.2. The Morgan fingerprint density at radius 1 is 0.298 bits per heavy atom. The molecule has 57 heavy (non-hydrogen) atoms. The first-order chi connectivity index (χ1) is 26.3. The highest BCUT2D eigenvalue weighted by Gasteiger charge is 1.95. The third kappa shape index (κ3) is 408. The quantitative estimate of drug-likeness (QED) is 0.153. The first kappa shape index (κ1) is 88.3. The largest absolute Gasteiger partial charge is 0.0683 e. The molecule has 0 bridgehead atoms. The number of rotatable bonds is 14. The van der Waals surface area contributed by atoms with E-state index in [9.17, 15) is 0 Å². The average Bonchev–Trinajstić information content (AvgIpc) is 3.12. The van der Waals surface area contributed by atoms with Gasteiger partial charge in [0.1, 0.15) is 0 Å². The second kappa shape index (κ2) is 96.0. The lowest BCUT2D eigenvalue weighted by atomic mass is 10.0. The summed E-state index contributed by atoms with van der Waals surface area (Å²) in [4.78, 5) is 0. The number of hydrogen-bond acceptors (Lipinski definition) is 0. The summed E-state index contributed by atoms with van der Waals surface area (Å²) in [6, 6.07) is 0. The van der Waals surface area contributed by atoms with Crippen LogP contribution in [0.25, 0.3) is 0 Å². The minimum atomic E-state index is 0.500. The molecule has 0 aliphatic heterocycles. The van der Waals surface area contributed by atoms with Crippen molar-refractivity contribution >= 4 is 0 Å². The van der Waals surface area contributed by atoms with Crippen molar-refractivity contribution in [2.45, 2.75) is 337 Å². The van der Waals surface area contributed by atoms with E-state index in [2.05, 4.69) is 208 Å². The SMILES string of the molecule is CC.CC(C)(C)C.CC(C)C.CCC.CCC(C)C.CCC(C)C.CCC(C)CC.CCCC.CCCC(C)C.CCCC(C)C.CCCCC.CCCCCC. The Morgan fingerprint density at radius 2 is 0.474 bits per heavy atom. The molecule has 0 heteroatoms. The van der Waals surface area contributed by atoms with Crippen LogP contribution >= 0.6 is 0 Å². The predicted octanol–water partition coefficient (Wildman–Crippen LogP) is 24.2. The molecular formula is C57H138. The number of unbranched alkanes of at least 4 members (excludes halogenated alkanes) is 6. The minimum Gasteiger partial charge on any atom is -0.0683 e. The van der Waals surface area contributed by atoms with E-state index in [1.807, 2.05) is 13.8 Å². The van der Waals surface area contributed by atoms with Crippen molar-refractivity contribution in [2.75, 3.05) is 0 Å². The normalized spacial score (nSPS) is 9.16. The van der Waals surface area contributed by atoms with E-state index in [-0.39, 0.29) is 0 Å². The maximum atomic E-state index is 2.28. The summed E-state index contributed by atoms with van der Waals surface area (Å²) in [7, 11) is 0. The van der Waals surface area contributed by atoms with Crippen LogP contribution in [0, 0.1) is 40.9 Å². The molecule has 0 aromatic heterocycles. The summed E-state index contributed by atoms with van der Waals surface area (Å²) >= 11 is 0. The highest BCUT2D eigenvalue weighted by Crippen LogP contribution is 2.08. The van der Waals surface area contributed by atoms with Gasteiger partial charge in [-0.1, -0.05) is 337 Å². The Bertz CT molecular complexity index is 395. The van der Waals surface area contributed by atoms with Gasteiger partial charge in [0.05, 0.1) is 0 Å². The van der Waals surface area contributed by atoms with Gasteiger partial charge < -0.3 is 0 Å². The average molecular weight is 824 g/mol. The summed E-state index contributed by atoms with van der Waals surface area (Å²) in [5.74, 6) is 5.33. The topological polar surface area (TPSA) is 0 Å². The summed E-state index contributed by atoms with van der Waals surface area (Å²) < 4.78 is 0. The molecule has 0 aromatic carbocycles. The van der Waals surface area contributed by atoms with Crippen molar-refractivity contribution in [3.8, 4) is 0 Å². The molecule has 0 N–H and O–H groups in total. The van der Waals surface area contributed by atoms with Crippen LogP contribution in [0.1, 0.15) is 337 Å². The number of hydrogen-bond donors (Lipinski definition) is 0. The highest BCUT2D eigenvalue weighted by molar-refractivity contribution is 4.47. The van der Waals surface area contributed by atoms with Gasteiger partial charge >= 0.3 is 0 Å². The molecule has 366 valence electrons. The summed E-state index contributed by atoms with van der Waals surface area (Å²) in [6.07, 6.45) is 24.2. The van der Waals surface area contributed by atoms with Crippen LogP contribution in [0.3, 0.4) is 0 Å². The van der Waals surface area contributed by atoms with Crippen LogP contribution in [0.5, 0.6) is 0 Å². The second-order valence-corrected chi connectivity index (χ2v) is 19.4. The molecule has 0 radical (unpaired) electrons. The molecule has 0 amide bonds. The molecule has 0 aliphatic rings. The van der Waals surface area contributed by atoms with Crippen LogP contribution < -0.4 is 0 Å². The van der Waals surface area contributed by atoms with Crippen LogP contribution in [0.2, 0.25) is 0 Å². The molecule has 0 fully saturated rings. The highest BCUT2D eigenvalue weighted by atomic mass is 14.0.